The normalized spacial score (nSPS) is 10.6. The molecule has 6 nitrogen and oxygen atoms in total. The Kier molecular flexibility index (Phi) is 3.99. The Labute approximate surface area is 123 Å². The van der Waals surface area contributed by atoms with Crippen LogP contribution in [0.15, 0.2) is 28.9 Å². The lowest BCUT2D eigenvalue weighted by Gasteiger charge is -2.04. The Morgan fingerprint density at radius 2 is 2.15 bits per heavy atom. The molecular weight excluding hydrogens is 326 g/mol. The first-order valence-corrected chi connectivity index (χ1v) is 6.65. The molecule has 0 radical (unpaired) electrons. The number of Topliss-reactive ketones (excluding diaryl/α,β-unsaturated/α-hetero) is 1. The van der Waals surface area contributed by atoms with Crippen molar-refractivity contribution in [1.82, 2.24) is 9.78 Å². The van der Waals surface area contributed by atoms with E-state index in [-0.39, 0.29) is 22.6 Å². The Morgan fingerprint density at radius 3 is 2.70 bits per heavy atom. The molecule has 0 unspecified atom stereocenters. The first-order chi connectivity index (χ1) is 9.38. The van der Waals surface area contributed by atoms with Crippen LogP contribution in [0.2, 0.25) is 0 Å². The first kappa shape index (κ1) is 14.4. The molecule has 0 saturated carbocycles. The van der Waals surface area contributed by atoms with E-state index in [2.05, 4.69) is 21.0 Å². The fourth-order valence-electron chi connectivity index (χ4n) is 1.95. The number of carbonyl (C=O) groups excluding carboxylic acids is 1. The summed E-state index contributed by atoms with van der Waals surface area (Å²) in [4.78, 5) is 22.3. The van der Waals surface area contributed by atoms with Gasteiger partial charge in [0, 0.05) is 5.56 Å². The van der Waals surface area contributed by atoms with E-state index in [9.17, 15) is 14.9 Å². The fraction of sp³-hybridized carbons (Fsp3) is 0.231. The van der Waals surface area contributed by atoms with Crippen LogP contribution in [0.4, 0.5) is 5.82 Å². The molecule has 0 aliphatic carbocycles. The van der Waals surface area contributed by atoms with E-state index in [0.29, 0.717) is 5.56 Å². The molecule has 2 aromatic rings. The van der Waals surface area contributed by atoms with Gasteiger partial charge in [-0.15, -0.1) is 0 Å². The van der Waals surface area contributed by atoms with Gasteiger partial charge in [-0.3, -0.25) is 4.79 Å². The van der Waals surface area contributed by atoms with Gasteiger partial charge in [0.15, 0.2) is 5.78 Å². The fourth-order valence-corrected chi connectivity index (χ4v) is 2.41. The summed E-state index contributed by atoms with van der Waals surface area (Å²) in [5, 5.41) is 14.5. The second kappa shape index (κ2) is 5.54. The van der Waals surface area contributed by atoms with Gasteiger partial charge in [-0.05, 0) is 40.3 Å². The van der Waals surface area contributed by atoms with Crippen LogP contribution in [0.3, 0.4) is 0 Å². The summed E-state index contributed by atoms with van der Waals surface area (Å²) in [7, 11) is 0. The molecule has 0 amide bonds. The Bertz CT molecular complexity index is 694. The smallest absolute Gasteiger partial charge is 0.358 e. The molecular formula is C13H12BrN3O3. The second-order valence-corrected chi connectivity index (χ2v) is 5.35. The Morgan fingerprint density at radius 1 is 1.45 bits per heavy atom. The van der Waals surface area contributed by atoms with E-state index < -0.39 is 4.92 Å². The number of nitrogens with zero attached hydrogens (tertiary/aromatic N) is 3. The lowest BCUT2D eigenvalue weighted by atomic mass is 10.0. The number of rotatable bonds is 4. The van der Waals surface area contributed by atoms with E-state index in [4.69, 9.17) is 0 Å². The van der Waals surface area contributed by atoms with E-state index in [1.54, 1.807) is 6.07 Å². The summed E-state index contributed by atoms with van der Waals surface area (Å²) in [5.74, 6) is -0.425. The molecule has 0 atom stereocenters. The molecule has 0 saturated heterocycles. The number of hydrogen-bond donors (Lipinski definition) is 0. The number of ketones is 1. The molecule has 0 N–H and O–H groups in total. The number of halogens is 1. The number of hydrogen-bond acceptors (Lipinski definition) is 4. The highest BCUT2D eigenvalue weighted by Crippen LogP contribution is 2.22. The van der Waals surface area contributed by atoms with Crippen LogP contribution in [-0.4, -0.2) is 20.5 Å². The predicted molar refractivity (Wildman–Crippen MR) is 76.8 cm³/mol. The van der Waals surface area contributed by atoms with Crippen molar-refractivity contribution in [2.75, 3.05) is 0 Å². The zero-order chi connectivity index (χ0) is 14.9. The third-order valence-electron chi connectivity index (χ3n) is 2.86. The van der Waals surface area contributed by atoms with E-state index >= 15 is 0 Å². The Balaban J connectivity index is 2.23. The second-order valence-electron chi connectivity index (χ2n) is 4.50. The maximum atomic E-state index is 12.2. The quantitative estimate of drug-likeness (QED) is 0.488. The van der Waals surface area contributed by atoms with E-state index in [1.165, 1.54) is 10.9 Å². The third kappa shape index (κ3) is 2.93. The van der Waals surface area contributed by atoms with Gasteiger partial charge in [0.2, 0.25) is 0 Å². The maximum Gasteiger partial charge on any atom is 0.404 e. The van der Waals surface area contributed by atoms with Crippen molar-refractivity contribution in [3.63, 3.8) is 0 Å². The SMILES string of the molecule is Cc1ccc(C(=O)Cn2cc(Br)c([N+](=O)[O-])n2)c(C)c1. The lowest BCUT2D eigenvalue weighted by molar-refractivity contribution is -0.390. The van der Waals surface area contributed by atoms with Crippen LogP contribution < -0.4 is 0 Å². The summed E-state index contributed by atoms with van der Waals surface area (Å²) < 4.78 is 1.53. The number of aromatic nitrogens is 2. The highest BCUT2D eigenvalue weighted by Gasteiger charge is 2.20. The zero-order valence-corrected chi connectivity index (χ0v) is 12.5. The van der Waals surface area contributed by atoms with Gasteiger partial charge in [0.1, 0.15) is 11.0 Å². The topological polar surface area (TPSA) is 78.0 Å². The summed E-state index contributed by atoms with van der Waals surface area (Å²) in [6, 6.07) is 5.55. The minimum atomic E-state index is -0.595. The van der Waals surface area contributed by atoms with Crippen molar-refractivity contribution in [1.29, 1.82) is 0 Å². The summed E-state index contributed by atoms with van der Waals surface area (Å²) >= 11 is 3.05. The lowest BCUT2D eigenvalue weighted by Crippen LogP contribution is -2.12. The van der Waals surface area contributed by atoms with Crippen molar-refractivity contribution in [3.8, 4) is 0 Å². The molecule has 1 aromatic heterocycles. The standard InChI is InChI=1S/C13H12BrN3O3/c1-8-3-4-10(9(2)5-8)12(18)7-16-6-11(14)13(15-16)17(19)20/h3-6H,7H2,1-2H3. The van der Waals surface area contributed by atoms with Crippen molar-refractivity contribution in [2.45, 2.75) is 20.4 Å². The van der Waals surface area contributed by atoms with Crippen LogP contribution in [-0.2, 0) is 6.54 Å². The highest BCUT2D eigenvalue weighted by atomic mass is 79.9. The van der Waals surface area contributed by atoms with Crippen molar-refractivity contribution >= 4 is 27.5 Å². The molecule has 0 aliphatic heterocycles. The molecule has 2 rings (SSSR count). The molecule has 1 heterocycles. The summed E-state index contributed by atoms with van der Waals surface area (Å²) in [5.41, 5.74) is 2.57. The van der Waals surface area contributed by atoms with Crippen molar-refractivity contribution in [3.05, 3.63) is 55.7 Å². The average molecular weight is 338 g/mol. The highest BCUT2D eigenvalue weighted by molar-refractivity contribution is 9.10. The van der Waals surface area contributed by atoms with Crippen molar-refractivity contribution < 1.29 is 9.72 Å². The van der Waals surface area contributed by atoms with Gasteiger partial charge < -0.3 is 10.1 Å². The zero-order valence-electron chi connectivity index (χ0n) is 11.0. The van der Waals surface area contributed by atoms with Crippen LogP contribution in [0.1, 0.15) is 21.5 Å². The first-order valence-electron chi connectivity index (χ1n) is 5.86. The monoisotopic (exact) mass is 337 g/mol. The number of nitro groups is 1. The molecule has 0 bridgehead atoms. The third-order valence-corrected chi connectivity index (χ3v) is 3.42. The van der Waals surface area contributed by atoms with Gasteiger partial charge in [-0.2, -0.15) is 4.68 Å². The summed E-state index contributed by atoms with van der Waals surface area (Å²) in [6.45, 7) is 3.78. The van der Waals surface area contributed by atoms with Gasteiger partial charge in [-0.25, -0.2) is 0 Å². The maximum absolute atomic E-state index is 12.2. The van der Waals surface area contributed by atoms with Crippen LogP contribution >= 0.6 is 15.9 Å². The molecule has 7 heteroatoms. The van der Waals surface area contributed by atoms with Crippen LogP contribution in [0.5, 0.6) is 0 Å². The average Bonchev–Trinajstić information content (AvgIpc) is 2.70. The molecule has 0 spiro atoms. The number of benzene rings is 1. The van der Waals surface area contributed by atoms with Crippen molar-refractivity contribution in [2.24, 2.45) is 0 Å². The minimum absolute atomic E-state index is 0.0314. The molecule has 20 heavy (non-hydrogen) atoms. The van der Waals surface area contributed by atoms with Gasteiger partial charge in [0.25, 0.3) is 0 Å². The number of carbonyl (C=O) groups is 1. The van der Waals surface area contributed by atoms with Crippen LogP contribution in [0.25, 0.3) is 0 Å². The Hall–Kier alpha value is -2.02. The molecule has 104 valence electrons. The molecule has 0 fully saturated rings. The minimum Gasteiger partial charge on any atom is -0.358 e. The molecule has 1 aromatic carbocycles. The van der Waals surface area contributed by atoms with E-state index in [1.807, 2.05) is 26.0 Å². The number of aryl methyl sites for hydroxylation is 2. The van der Waals surface area contributed by atoms with Gasteiger partial charge >= 0.3 is 5.82 Å². The summed E-state index contributed by atoms with van der Waals surface area (Å²) in [6.07, 6.45) is 1.43. The van der Waals surface area contributed by atoms with Gasteiger partial charge in [-0.1, -0.05) is 23.8 Å². The van der Waals surface area contributed by atoms with E-state index in [0.717, 1.165) is 11.1 Å². The molecule has 0 aliphatic rings. The van der Waals surface area contributed by atoms with Gasteiger partial charge in [0.05, 0.1) is 11.3 Å². The largest absolute Gasteiger partial charge is 0.404 e. The predicted octanol–water partition coefficient (Wildman–Crippen LogP) is 3.05. The van der Waals surface area contributed by atoms with Crippen LogP contribution in [0, 0.1) is 24.0 Å².